The van der Waals surface area contributed by atoms with E-state index in [9.17, 15) is 0 Å². The zero-order valence-electron chi connectivity index (χ0n) is 11.4. The van der Waals surface area contributed by atoms with Crippen LogP contribution in [0.4, 0.5) is 0 Å². The van der Waals surface area contributed by atoms with Crippen LogP contribution in [0, 0.1) is 6.92 Å². The summed E-state index contributed by atoms with van der Waals surface area (Å²) in [7, 11) is 0. The highest BCUT2D eigenvalue weighted by Crippen LogP contribution is 2.24. The normalized spacial score (nSPS) is 12.6. The third-order valence-electron chi connectivity index (χ3n) is 3.12. The monoisotopic (exact) mass is 293 g/mol. The number of rotatable bonds is 6. The minimum Gasteiger partial charge on any atom is -0.310 e. The van der Waals surface area contributed by atoms with Gasteiger partial charge in [0.25, 0.3) is 0 Å². The van der Waals surface area contributed by atoms with Crippen LogP contribution in [0.2, 0.25) is 5.02 Å². The molecule has 0 saturated carbocycles. The molecule has 2 aromatic rings. The fourth-order valence-electron chi connectivity index (χ4n) is 2.17. The first-order chi connectivity index (χ1) is 9.19. The molecule has 0 aliphatic carbocycles. The molecule has 0 bridgehead atoms. The fourth-order valence-corrected chi connectivity index (χ4v) is 3.14. The van der Waals surface area contributed by atoms with Gasteiger partial charge in [-0.1, -0.05) is 30.7 Å². The van der Waals surface area contributed by atoms with Crippen molar-refractivity contribution in [1.29, 1.82) is 0 Å². The lowest BCUT2D eigenvalue weighted by Crippen LogP contribution is -2.23. The molecular formula is C16H20ClNS. The van der Waals surface area contributed by atoms with E-state index in [1.807, 2.05) is 23.5 Å². The summed E-state index contributed by atoms with van der Waals surface area (Å²) in [4.78, 5) is 1.37. The number of hydrogen-bond acceptors (Lipinski definition) is 2. The Bertz CT molecular complexity index is 521. The largest absolute Gasteiger partial charge is 0.310 e. The zero-order chi connectivity index (χ0) is 13.7. The van der Waals surface area contributed by atoms with Crippen molar-refractivity contribution in [2.24, 2.45) is 0 Å². The standard InChI is InChI=1S/C16H20ClNS/c1-3-7-18-16(14-8-12(2)19-11-14)10-13-5-4-6-15(17)9-13/h4-6,8-9,11,16,18H,3,7,10H2,1-2H3. The Hall–Kier alpha value is -0.830. The SMILES string of the molecule is CCCNC(Cc1cccc(Cl)c1)c1csc(C)c1. The van der Waals surface area contributed by atoms with Gasteiger partial charge in [-0.05, 0) is 61.0 Å². The van der Waals surface area contributed by atoms with Crippen molar-refractivity contribution in [1.82, 2.24) is 5.32 Å². The van der Waals surface area contributed by atoms with Crippen molar-refractivity contribution in [3.8, 4) is 0 Å². The summed E-state index contributed by atoms with van der Waals surface area (Å²) in [6, 6.07) is 10.8. The first-order valence-electron chi connectivity index (χ1n) is 6.72. The molecule has 1 N–H and O–H groups in total. The second-order valence-corrected chi connectivity index (χ2v) is 6.38. The van der Waals surface area contributed by atoms with Gasteiger partial charge in [0.15, 0.2) is 0 Å². The summed E-state index contributed by atoms with van der Waals surface area (Å²) in [5.74, 6) is 0. The summed E-state index contributed by atoms with van der Waals surface area (Å²) in [5, 5.41) is 6.70. The van der Waals surface area contributed by atoms with Crippen LogP contribution in [0.25, 0.3) is 0 Å². The second kappa shape index (κ2) is 7.09. The molecular weight excluding hydrogens is 274 g/mol. The van der Waals surface area contributed by atoms with E-state index in [4.69, 9.17) is 11.6 Å². The van der Waals surface area contributed by atoms with Crippen molar-refractivity contribution < 1.29 is 0 Å². The summed E-state index contributed by atoms with van der Waals surface area (Å²) < 4.78 is 0. The minimum atomic E-state index is 0.378. The molecule has 0 amide bonds. The lowest BCUT2D eigenvalue weighted by Gasteiger charge is -2.18. The molecule has 1 aromatic carbocycles. The maximum absolute atomic E-state index is 6.06. The highest BCUT2D eigenvalue weighted by Gasteiger charge is 2.13. The van der Waals surface area contributed by atoms with Crippen LogP contribution in [0.15, 0.2) is 35.7 Å². The molecule has 0 spiro atoms. The van der Waals surface area contributed by atoms with Crippen LogP contribution in [0.1, 0.15) is 35.4 Å². The average Bonchev–Trinajstić information content (AvgIpc) is 2.81. The fraction of sp³-hybridized carbons (Fsp3) is 0.375. The summed E-state index contributed by atoms with van der Waals surface area (Å²) in [6.07, 6.45) is 2.13. The van der Waals surface area contributed by atoms with Gasteiger partial charge in [0.05, 0.1) is 0 Å². The topological polar surface area (TPSA) is 12.0 Å². The maximum atomic E-state index is 6.06. The summed E-state index contributed by atoms with van der Waals surface area (Å²) in [5.41, 5.74) is 2.67. The predicted octanol–water partition coefficient (Wildman–Crippen LogP) is 4.99. The third-order valence-corrected chi connectivity index (χ3v) is 4.24. The van der Waals surface area contributed by atoms with Gasteiger partial charge in [-0.2, -0.15) is 0 Å². The van der Waals surface area contributed by atoms with Gasteiger partial charge in [0, 0.05) is 15.9 Å². The van der Waals surface area contributed by atoms with E-state index in [2.05, 4.69) is 42.7 Å². The molecule has 19 heavy (non-hydrogen) atoms. The van der Waals surface area contributed by atoms with Gasteiger partial charge in [-0.3, -0.25) is 0 Å². The Morgan fingerprint density at radius 1 is 1.32 bits per heavy atom. The lowest BCUT2D eigenvalue weighted by molar-refractivity contribution is 0.530. The van der Waals surface area contributed by atoms with Crippen molar-refractivity contribution in [3.63, 3.8) is 0 Å². The smallest absolute Gasteiger partial charge is 0.0408 e. The first kappa shape index (κ1) is 14.6. The second-order valence-electron chi connectivity index (χ2n) is 4.83. The Kier molecular flexibility index (Phi) is 5.44. The molecule has 0 aliphatic heterocycles. The number of benzene rings is 1. The molecule has 0 aliphatic rings. The molecule has 1 heterocycles. The van der Waals surface area contributed by atoms with Crippen LogP contribution < -0.4 is 5.32 Å². The van der Waals surface area contributed by atoms with Crippen LogP contribution >= 0.6 is 22.9 Å². The zero-order valence-corrected chi connectivity index (χ0v) is 13.0. The van der Waals surface area contributed by atoms with E-state index in [0.29, 0.717) is 6.04 Å². The molecule has 1 atom stereocenters. The quantitative estimate of drug-likeness (QED) is 0.791. The number of nitrogens with one attached hydrogen (secondary N) is 1. The molecule has 0 saturated heterocycles. The number of hydrogen-bond donors (Lipinski definition) is 1. The summed E-state index contributed by atoms with van der Waals surface area (Å²) in [6.45, 7) is 5.40. The van der Waals surface area contributed by atoms with Gasteiger partial charge in [0.2, 0.25) is 0 Å². The van der Waals surface area contributed by atoms with E-state index in [0.717, 1.165) is 24.4 Å². The number of halogens is 1. The molecule has 1 nitrogen and oxygen atoms in total. The Labute approximate surface area is 124 Å². The minimum absolute atomic E-state index is 0.378. The maximum Gasteiger partial charge on any atom is 0.0408 e. The van der Waals surface area contributed by atoms with Crippen LogP contribution in [-0.4, -0.2) is 6.54 Å². The van der Waals surface area contributed by atoms with E-state index >= 15 is 0 Å². The Morgan fingerprint density at radius 3 is 2.79 bits per heavy atom. The first-order valence-corrected chi connectivity index (χ1v) is 7.97. The number of aryl methyl sites for hydroxylation is 1. The van der Waals surface area contributed by atoms with Gasteiger partial charge < -0.3 is 5.32 Å². The molecule has 0 radical (unpaired) electrons. The van der Waals surface area contributed by atoms with Gasteiger partial charge in [-0.25, -0.2) is 0 Å². The van der Waals surface area contributed by atoms with E-state index in [1.54, 1.807) is 0 Å². The summed E-state index contributed by atoms with van der Waals surface area (Å²) >= 11 is 7.88. The highest BCUT2D eigenvalue weighted by atomic mass is 35.5. The van der Waals surface area contributed by atoms with Crippen LogP contribution in [0.5, 0.6) is 0 Å². The Balaban J connectivity index is 2.13. The van der Waals surface area contributed by atoms with E-state index < -0.39 is 0 Å². The Morgan fingerprint density at radius 2 is 2.16 bits per heavy atom. The van der Waals surface area contributed by atoms with E-state index in [1.165, 1.54) is 16.0 Å². The van der Waals surface area contributed by atoms with Crippen LogP contribution in [0.3, 0.4) is 0 Å². The molecule has 102 valence electrons. The molecule has 2 rings (SSSR count). The third kappa shape index (κ3) is 4.34. The van der Waals surface area contributed by atoms with Gasteiger partial charge in [-0.15, -0.1) is 11.3 Å². The number of thiophene rings is 1. The van der Waals surface area contributed by atoms with Crippen LogP contribution in [-0.2, 0) is 6.42 Å². The van der Waals surface area contributed by atoms with Gasteiger partial charge in [0.1, 0.15) is 0 Å². The molecule has 3 heteroatoms. The molecule has 1 aromatic heterocycles. The molecule has 1 unspecified atom stereocenters. The van der Waals surface area contributed by atoms with Crippen molar-refractivity contribution in [3.05, 3.63) is 56.7 Å². The molecule has 0 fully saturated rings. The van der Waals surface area contributed by atoms with Crippen molar-refractivity contribution in [2.75, 3.05) is 6.54 Å². The predicted molar refractivity (Wildman–Crippen MR) is 85.2 cm³/mol. The van der Waals surface area contributed by atoms with Crippen molar-refractivity contribution in [2.45, 2.75) is 32.7 Å². The van der Waals surface area contributed by atoms with Crippen molar-refractivity contribution >= 4 is 22.9 Å². The highest BCUT2D eigenvalue weighted by molar-refractivity contribution is 7.10. The lowest BCUT2D eigenvalue weighted by atomic mass is 10.0. The average molecular weight is 294 g/mol. The van der Waals surface area contributed by atoms with Gasteiger partial charge >= 0.3 is 0 Å². The van der Waals surface area contributed by atoms with E-state index in [-0.39, 0.29) is 0 Å².